The predicted molar refractivity (Wildman–Crippen MR) is 52.4 cm³/mol. The van der Waals surface area contributed by atoms with E-state index in [-0.39, 0.29) is 0 Å². The van der Waals surface area contributed by atoms with E-state index in [9.17, 15) is 4.21 Å². The smallest absolute Gasteiger partial charge is 0.134 e. The maximum Gasteiger partial charge on any atom is 0.134 e. The maximum absolute atomic E-state index is 11.6. The van der Waals surface area contributed by atoms with Crippen LogP contribution in [0, 0.1) is 0 Å². The Morgan fingerprint density at radius 3 is 2.42 bits per heavy atom. The molecule has 0 aliphatic heterocycles. The first-order chi connectivity index (χ1) is 5.55. The molecule has 66 valence electrons. The van der Waals surface area contributed by atoms with Gasteiger partial charge in [-0.1, -0.05) is 12.1 Å². The minimum absolute atomic E-state index is 0.639. The van der Waals surface area contributed by atoms with Gasteiger partial charge in [-0.25, -0.2) is 0 Å². The molecule has 12 heavy (non-hydrogen) atoms. The molecule has 1 atom stereocenters. The van der Waals surface area contributed by atoms with E-state index < -0.39 is 9.52 Å². The minimum atomic E-state index is -2.17. The minimum Gasteiger partial charge on any atom is -0.496 e. The van der Waals surface area contributed by atoms with Gasteiger partial charge >= 0.3 is 0 Å². The lowest BCUT2D eigenvalue weighted by Crippen LogP contribution is -1.99. The zero-order chi connectivity index (χ0) is 9.19. The Bertz CT molecular complexity index is 366. The van der Waals surface area contributed by atoms with Gasteiger partial charge in [0.25, 0.3) is 0 Å². The summed E-state index contributed by atoms with van der Waals surface area (Å²) in [6.45, 7) is 0. The summed E-state index contributed by atoms with van der Waals surface area (Å²) in [7, 11) is -0.611. The van der Waals surface area contributed by atoms with Gasteiger partial charge in [0.15, 0.2) is 0 Å². The van der Waals surface area contributed by atoms with Gasteiger partial charge in [-0.15, -0.1) is 0 Å². The summed E-state index contributed by atoms with van der Waals surface area (Å²) in [5.74, 6) is 4.24. The Balaban J connectivity index is 3.33. The van der Waals surface area contributed by atoms with E-state index >= 15 is 0 Å². The van der Waals surface area contributed by atoms with Crippen LogP contribution < -0.4 is 4.74 Å². The second-order valence-electron chi connectivity index (χ2n) is 2.66. The SMILES string of the molecule is C=S(C)(=O)c1ccccc1OC. The van der Waals surface area contributed by atoms with Crippen LogP contribution in [0.25, 0.3) is 0 Å². The molecule has 0 bridgehead atoms. The third-order valence-corrected chi connectivity index (χ3v) is 2.80. The highest BCUT2D eigenvalue weighted by molar-refractivity contribution is 7.99. The molecule has 0 N–H and O–H groups in total. The summed E-state index contributed by atoms with van der Waals surface area (Å²) in [5, 5.41) is 0. The average molecular weight is 184 g/mol. The molecule has 0 saturated heterocycles. The van der Waals surface area contributed by atoms with Crippen LogP contribution in [0.5, 0.6) is 5.75 Å². The number of benzene rings is 1. The molecule has 0 aliphatic rings. The highest BCUT2D eigenvalue weighted by Gasteiger charge is 2.06. The zero-order valence-electron chi connectivity index (χ0n) is 7.24. The zero-order valence-corrected chi connectivity index (χ0v) is 8.06. The van der Waals surface area contributed by atoms with Crippen LogP contribution in [0.2, 0.25) is 0 Å². The molecule has 0 aliphatic carbocycles. The van der Waals surface area contributed by atoms with Crippen LogP contribution in [0.15, 0.2) is 29.2 Å². The van der Waals surface area contributed by atoms with Crippen LogP contribution in [-0.2, 0) is 9.52 Å². The van der Waals surface area contributed by atoms with Crippen molar-refractivity contribution >= 4 is 15.4 Å². The molecular weight excluding hydrogens is 172 g/mol. The fourth-order valence-electron chi connectivity index (χ4n) is 0.976. The lowest BCUT2D eigenvalue weighted by atomic mass is 10.3. The second kappa shape index (κ2) is 3.19. The average Bonchev–Trinajstić information content (AvgIpc) is 2.03. The van der Waals surface area contributed by atoms with Crippen LogP contribution in [0.3, 0.4) is 0 Å². The van der Waals surface area contributed by atoms with Crippen molar-refractivity contribution in [2.45, 2.75) is 4.90 Å². The van der Waals surface area contributed by atoms with Crippen molar-refractivity contribution in [1.29, 1.82) is 0 Å². The molecule has 1 aromatic carbocycles. The van der Waals surface area contributed by atoms with Crippen molar-refractivity contribution in [1.82, 2.24) is 0 Å². The standard InChI is InChI=1S/C9H12O2S/c1-11-8-6-4-5-7-9(8)12(2,3)10/h4-7H,2H2,1,3H3. The largest absolute Gasteiger partial charge is 0.496 e. The molecule has 1 rings (SSSR count). The first-order valence-electron chi connectivity index (χ1n) is 3.51. The summed E-state index contributed by atoms with van der Waals surface area (Å²) >= 11 is 0. The molecule has 0 aromatic heterocycles. The monoisotopic (exact) mass is 184 g/mol. The van der Waals surface area contributed by atoms with Crippen molar-refractivity contribution in [2.24, 2.45) is 0 Å². The lowest BCUT2D eigenvalue weighted by Gasteiger charge is -2.08. The van der Waals surface area contributed by atoms with Gasteiger partial charge in [-0.3, -0.25) is 4.21 Å². The van der Waals surface area contributed by atoms with Crippen LogP contribution in [0.4, 0.5) is 0 Å². The van der Waals surface area contributed by atoms with Crippen LogP contribution in [0.1, 0.15) is 0 Å². The van der Waals surface area contributed by atoms with Gasteiger partial charge in [-0.2, -0.15) is 0 Å². The molecule has 0 spiro atoms. The fraction of sp³-hybridized carbons (Fsp3) is 0.222. The quantitative estimate of drug-likeness (QED) is 0.649. The lowest BCUT2D eigenvalue weighted by molar-refractivity contribution is 0.404. The van der Waals surface area contributed by atoms with Crippen molar-refractivity contribution < 1.29 is 8.95 Å². The van der Waals surface area contributed by atoms with Crippen LogP contribution >= 0.6 is 0 Å². The molecule has 0 fully saturated rings. The fourth-order valence-corrected chi connectivity index (χ4v) is 1.92. The summed E-state index contributed by atoms with van der Waals surface area (Å²) in [4.78, 5) is 0.674. The molecule has 1 unspecified atom stereocenters. The van der Waals surface area contributed by atoms with Crippen LogP contribution in [-0.4, -0.2) is 23.4 Å². The van der Waals surface area contributed by atoms with E-state index in [2.05, 4.69) is 5.87 Å². The van der Waals surface area contributed by atoms with Gasteiger partial charge in [0.2, 0.25) is 0 Å². The maximum atomic E-state index is 11.6. The highest BCUT2D eigenvalue weighted by atomic mass is 32.2. The predicted octanol–water partition coefficient (Wildman–Crippen LogP) is 1.40. The Labute approximate surface area is 73.2 Å². The van der Waals surface area contributed by atoms with Gasteiger partial charge in [-0.05, 0) is 27.5 Å². The van der Waals surface area contributed by atoms with Gasteiger partial charge in [0, 0.05) is 6.26 Å². The molecule has 3 heteroatoms. The Morgan fingerprint density at radius 1 is 1.42 bits per heavy atom. The molecule has 0 saturated carbocycles. The Hall–Kier alpha value is -0.960. The third kappa shape index (κ3) is 1.80. The second-order valence-corrected chi connectivity index (χ2v) is 5.11. The number of rotatable bonds is 2. The number of methoxy groups -OCH3 is 1. The van der Waals surface area contributed by atoms with E-state index in [0.29, 0.717) is 10.6 Å². The first kappa shape index (κ1) is 9.13. The van der Waals surface area contributed by atoms with E-state index in [1.807, 2.05) is 12.1 Å². The normalized spacial score (nSPS) is 15.2. The van der Waals surface area contributed by atoms with Gasteiger partial charge in [0.05, 0.1) is 12.0 Å². The summed E-state index contributed by atoms with van der Waals surface area (Å²) < 4.78 is 16.6. The van der Waals surface area contributed by atoms with Gasteiger partial charge in [0.1, 0.15) is 5.75 Å². The molecule has 0 heterocycles. The van der Waals surface area contributed by atoms with E-state index in [0.717, 1.165) is 0 Å². The molecule has 0 amide bonds. The Kier molecular flexibility index (Phi) is 2.43. The van der Waals surface area contributed by atoms with E-state index in [1.54, 1.807) is 25.5 Å². The van der Waals surface area contributed by atoms with Gasteiger partial charge < -0.3 is 4.74 Å². The molecule has 2 nitrogen and oxygen atoms in total. The molecular formula is C9H12O2S. The van der Waals surface area contributed by atoms with Crippen molar-refractivity contribution in [3.05, 3.63) is 24.3 Å². The number of hydrogen-bond donors (Lipinski definition) is 0. The van der Waals surface area contributed by atoms with Crippen molar-refractivity contribution in [2.75, 3.05) is 13.4 Å². The summed E-state index contributed by atoms with van der Waals surface area (Å²) in [6.07, 6.45) is 1.60. The van der Waals surface area contributed by atoms with Crippen molar-refractivity contribution in [3.8, 4) is 5.75 Å². The first-order valence-corrected chi connectivity index (χ1v) is 5.64. The van der Waals surface area contributed by atoms with E-state index in [4.69, 9.17) is 4.74 Å². The third-order valence-electron chi connectivity index (χ3n) is 1.53. The molecule has 0 radical (unpaired) electrons. The Morgan fingerprint density at radius 2 is 2.00 bits per heavy atom. The van der Waals surface area contributed by atoms with E-state index in [1.165, 1.54) is 0 Å². The number of ether oxygens (including phenoxy) is 1. The number of para-hydroxylation sites is 1. The van der Waals surface area contributed by atoms with Crippen molar-refractivity contribution in [3.63, 3.8) is 0 Å². The highest BCUT2D eigenvalue weighted by Crippen LogP contribution is 2.21. The molecule has 1 aromatic rings. The summed E-state index contributed by atoms with van der Waals surface area (Å²) in [6, 6.07) is 7.22. The number of hydrogen-bond acceptors (Lipinski definition) is 2. The summed E-state index contributed by atoms with van der Waals surface area (Å²) in [5.41, 5.74) is 0. The topological polar surface area (TPSA) is 26.3 Å².